The van der Waals surface area contributed by atoms with Gasteiger partial charge in [-0.3, -0.25) is 0 Å². The molecule has 0 N–H and O–H groups in total. The first-order chi connectivity index (χ1) is 15.2. The molecule has 0 atom stereocenters. The lowest BCUT2D eigenvalue weighted by Gasteiger charge is -2.15. The molecule has 2 aromatic carbocycles. The van der Waals surface area contributed by atoms with Gasteiger partial charge in [-0.1, -0.05) is 74.3 Å². The van der Waals surface area contributed by atoms with E-state index in [1.165, 1.54) is 32.1 Å². The van der Waals surface area contributed by atoms with Crippen LogP contribution >= 0.6 is 15.9 Å². The standard InChI is InChI=1S/C27H32BrN3/c1-4-6-7-8-9-10-11-12-13-15-18-24-21-23(3)22-26(28)27(24)29-30-31(5-2)25-19-16-14-17-20-25/h14,16-17,19-22H,4-11H2,1-3H3. The van der Waals surface area contributed by atoms with Gasteiger partial charge in [0, 0.05) is 17.4 Å². The van der Waals surface area contributed by atoms with Gasteiger partial charge in [-0.05, 0) is 77.9 Å². The molecule has 0 aliphatic carbocycles. The fourth-order valence-electron chi connectivity index (χ4n) is 3.13. The topological polar surface area (TPSA) is 28.0 Å². The predicted molar refractivity (Wildman–Crippen MR) is 136 cm³/mol. The second-order valence-corrected chi connectivity index (χ2v) is 8.31. The summed E-state index contributed by atoms with van der Waals surface area (Å²) >= 11 is 3.62. The summed E-state index contributed by atoms with van der Waals surface area (Å²) in [6.07, 6.45) is 8.59. The highest BCUT2D eigenvalue weighted by Crippen LogP contribution is 2.31. The van der Waals surface area contributed by atoms with E-state index in [9.17, 15) is 0 Å². The van der Waals surface area contributed by atoms with Gasteiger partial charge < -0.3 is 0 Å². The molecule has 0 spiro atoms. The molecule has 2 rings (SSSR count). The van der Waals surface area contributed by atoms with Crippen LogP contribution in [-0.4, -0.2) is 6.54 Å². The van der Waals surface area contributed by atoms with Crippen LogP contribution < -0.4 is 5.01 Å². The maximum Gasteiger partial charge on any atom is 0.117 e. The highest BCUT2D eigenvalue weighted by molar-refractivity contribution is 9.10. The van der Waals surface area contributed by atoms with Gasteiger partial charge in [0.15, 0.2) is 0 Å². The largest absolute Gasteiger partial charge is 0.247 e. The monoisotopic (exact) mass is 477 g/mol. The molecule has 0 aromatic heterocycles. The van der Waals surface area contributed by atoms with Gasteiger partial charge in [0.25, 0.3) is 0 Å². The Morgan fingerprint density at radius 3 is 2.42 bits per heavy atom. The number of para-hydroxylation sites is 1. The summed E-state index contributed by atoms with van der Waals surface area (Å²) < 4.78 is 0.879. The van der Waals surface area contributed by atoms with Crippen molar-refractivity contribution in [3.63, 3.8) is 0 Å². The first-order valence-corrected chi connectivity index (χ1v) is 12.0. The minimum atomic E-state index is 0.724. The van der Waals surface area contributed by atoms with Crippen LogP contribution in [0.3, 0.4) is 0 Å². The molecule has 0 saturated carbocycles. The normalized spacial score (nSPS) is 10.3. The quantitative estimate of drug-likeness (QED) is 0.146. The van der Waals surface area contributed by atoms with Crippen molar-refractivity contribution < 1.29 is 0 Å². The van der Waals surface area contributed by atoms with Crippen LogP contribution in [-0.2, 0) is 0 Å². The zero-order chi connectivity index (χ0) is 22.3. The van der Waals surface area contributed by atoms with E-state index >= 15 is 0 Å². The number of anilines is 1. The Labute approximate surface area is 196 Å². The van der Waals surface area contributed by atoms with Crippen molar-refractivity contribution in [2.75, 3.05) is 11.6 Å². The number of unbranched alkanes of at least 4 members (excludes halogenated alkanes) is 6. The van der Waals surface area contributed by atoms with Crippen molar-refractivity contribution in [3.8, 4) is 23.7 Å². The van der Waals surface area contributed by atoms with Crippen molar-refractivity contribution >= 4 is 27.3 Å². The van der Waals surface area contributed by atoms with E-state index in [0.29, 0.717) is 0 Å². The van der Waals surface area contributed by atoms with Crippen molar-refractivity contribution in [3.05, 3.63) is 58.1 Å². The van der Waals surface area contributed by atoms with Crippen LogP contribution in [0.4, 0.5) is 11.4 Å². The second kappa shape index (κ2) is 14.4. The lowest BCUT2D eigenvalue weighted by atomic mass is 10.1. The second-order valence-electron chi connectivity index (χ2n) is 7.45. The minimum Gasteiger partial charge on any atom is -0.247 e. The number of aryl methyl sites for hydroxylation is 1. The fourth-order valence-corrected chi connectivity index (χ4v) is 3.78. The lowest BCUT2D eigenvalue weighted by Crippen LogP contribution is -2.13. The Morgan fingerprint density at radius 1 is 0.935 bits per heavy atom. The summed E-state index contributed by atoms with van der Waals surface area (Å²) in [6, 6.07) is 14.1. The zero-order valence-corrected chi connectivity index (χ0v) is 20.5. The van der Waals surface area contributed by atoms with Crippen LogP contribution in [0, 0.1) is 30.6 Å². The number of halogens is 1. The molecule has 0 saturated heterocycles. The molecule has 0 heterocycles. The number of rotatable bonds is 10. The number of hydrogen-bond donors (Lipinski definition) is 0. The first kappa shape index (κ1) is 24.7. The number of hydrogen-bond acceptors (Lipinski definition) is 2. The molecule has 0 radical (unpaired) electrons. The fraction of sp³-hybridized carbons (Fsp3) is 0.407. The summed E-state index contributed by atoms with van der Waals surface area (Å²) in [6.45, 7) is 7.06. The van der Waals surface area contributed by atoms with E-state index in [1.54, 1.807) is 0 Å². The molecular formula is C27H32BrN3. The van der Waals surface area contributed by atoms with E-state index in [-0.39, 0.29) is 0 Å². The summed E-state index contributed by atoms with van der Waals surface area (Å²) in [5, 5.41) is 10.8. The summed E-state index contributed by atoms with van der Waals surface area (Å²) in [5.41, 5.74) is 3.68. The van der Waals surface area contributed by atoms with Crippen LogP contribution in [0.25, 0.3) is 0 Å². The van der Waals surface area contributed by atoms with Gasteiger partial charge in [-0.2, -0.15) is 0 Å². The molecule has 0 fully saturated rings. The molecule has 0 bridgehead atoms. The predicted octanol–water partition coefficient (Wildman–Crippen LogP) is 8.39. The Kier molecular flexibility index (Phi) is 11.5. The molecule has 0 unspecified atom stereocenters. The third-order valence-corrected chi connectivity index (χ3v) is 5.42. The Hall–Kier alpha value is -2.56. The first-order valence-electron chi connectivity index (χ1n) is 11.2. The molecular weight excluding hydrogens is 446 g/mol. The summed E-state index contributed by atoms with van der Waals surface area (Å²) in [4.78, 5) is 0. The van der Waals surface area contributed by atoms with E-state index < -0.39 is 0 Å². The molecule has 162 valence electrons. The van der Waals surface area contributed by atoms with Crippen molar-refractivity contribution in [2.24, 2.45) is 10.3 Å². The molecule has 3 nitrogen and oxygen atoms in total. The summed E-state index contributed by atoms with van der Waals surface area (Å²) in [7, 11) is 0. The van der Waals surface area contributed by atoms with Gasteiger partial charge in [-0.25, -0.2) is 5.01 Å². The molecule has 2 aromatic rings. The minimum absolute atomic E-state index is 0.724. The lowest BCUT2D eigenvalue weighted by molar-refractivity contribution is 0.614. The highest BCUT2D eigenvalue weighted by atomic mass is 79.9. The van der Waals surface area contributed by atoms with Crippen molar-refractivity contribution in [1.82, 2.24) is 0 Å². The van der Waals surface area contributed by atoms with Gasteiger partial charge in [0.05, 0.1) is 11.3 Å². The van der Waals surface area contributed by atoms with Gasteiger partial charge in [-0.15, -0.1) is 5.11 Å². The summed E-state index contributed by atoms with van der Waals surface area (Å²) in [5.74, 6) is 12.3. The van der Waals surface area contributed by atoms with Gasteiger partial charge >= 0.3 is 0 Å². The Balaban J connectivity index is 2.07. The van der Waals surface area contributed by atoms with Crippen LogP contribution in [0.5, 0.6) is 0 Å². The molecule has 0 aliphatic heterocycles. The number of nitrogens with zero attached hydrogens (tertiary/aromatic N) is 3. The maximum atomic E-state index is 4.51. The van der Waals surface area contributed by atoms with E-state index in [4.69, 9.17) is 0 Å². The van der Waals surface area contributed by atoms with E-state index in [0.717, 1.165) is 46.4 Å². The van der Waals surface area contributed by atoms with Crippen molar-refractivity contribution in [1.29, 1.82) is 0 Å². The zero-order valence-electron chi connectivity index (χ0n) is 18.9. The molecule has 4 heteroatoms. The highest BCUT2D eigenvalue weighted by Gasteiger charge is 2.08. The SMILES string of the molecule is CCCCCCCCC#CC#Cc1cc(C)cc(Br)c1N=NN(CC)c1ccccc1. The Bertz CT molecular complexity index is 959. The third kappa shape index (κ3) is 8.99. The average molecular weight is 478 g/mol. The van der Waals surface area contributed by atoms with E-state index in [1.807, 2.05) is 54.4 Å². The average Bonchev–Trinajstić information content (AvgIpc) is 2.77. The Morgan fingerprint density at radius 2 is 1.68 bits per heavy atom. The third-order valence-electron chi connectivity index (χ3n) is 4.82. The number of benzene rings is 2. The molecule has 0 amide bonds. The van der Waals surface area contributed by atoms with Crippen LogP contribution in [0.2, 0.25) is 0 Å². The van der Waals surface area contributed by atoms with Crippen LogP contribution in [0.1, 0.15) is 69.9 Å². The smallest absolute Gasteiger partial charge is 0.117 e. The molecule has 31 heavy (non-hydrogen) atoms. The molecule has 0 aliphatic rings. The van der Waals surface area contributed by atoms with Crippen LogP contribution in [0.15, 0.2) is 57.3 Å². The van der Waals surface area contributed by atoms with Crippen molar-refractivity contribution in [2.45, 2.75) is 65.7 Å². The van der Waals surface area contributed by atoms with Gasteiger partial charge in [0.2, 0.25) is 0 Å². The van der Waals surface area contributed by atoms with Gasteiger partial charge in [0.1, 0.15) is 5.69 Å². The van der Waals surface area contributed by atoms with E-state index in [2.05, 4.69) is 63.8 Å². The maximum absolute atomic E-state index is 4.51.